The number of furan rings is 1. The van der Waals surface area contributed by atoms with E-state index in [1.807, 2.05) is 0 Å². The van der Waals surface area contributed by atoms with Crippen LogP contribution in [0.15, 0.2) is 46.9 Å². The van der Waals surface area contributed by atoms with Gasteiger partial charge < -0.3 is 4.42 Å². The Balaban J connectivity index is 2.23. The van der Waals surface area contributed by atoms with Crippen molar-refractivity contribution in [2.24, 2.45) is 7.05 Å². The Morgan fingerprint density at radius 2 is 1.96 bits per heavy atom. The number of nitrogens with zero attached hydrogens (tertiary/aromatic N) is 2. The van der Waals surface area contributed by atoms with Crippen LogP contribution in [0.5, 0.6) is 0 Å². The minimum absolute atomic E-state index is 0.0615. The molecule has 0 saturated carbocycles. The van der Waals surface area contributed by atoms with Gasteiger partial charge in [-0.25, -0.2) is 9.41 Å². The second-order valence-corrected chi connectivity index (χ2v) is 6.83. The molecule has 134 valence electrons. The molecule has 0 fully saturated rings. The van der Waals surface area contributed by atoms with E-state index in [2.05, 4.69) is 4.85 Å². The Morgan fingerprint density at radius 3 is 2.67 bits per heavy atom. The summed E-state index contributed by atoms with van der Waals surface area (Å²) < 4.78 is 65.9. The highest BCUT2D eigenvalue weighted by atomic mass is 16.3. The van der Waals surface area contributed by atoms with Crippen molar-refractivity contribution >= 4 is 27.6 Å². The molecule has 0 bridgehead atoms. The maximum atomic E-state index is 8.76. The SMILES string of the molecule is [2H]c1c([2H])c(-c2c(C)ccc3c2oc2c([N+]#[C-])ccc(C([2H])([2H])[2H])c23)[n+](C)c([2H])c1C([2H])(C)C. The lowest BCUT2D eigenvalue weighted by Crippen LogP contribution is -2.31. The van der Waals surface area contributed by atoms with Crippen molar-refractivity contribution in [2.75, 3.05) is 0 Å². The van der Waals surface area contributed by atoms with Crippen LogP contribution >= 0.6 is 0 Å². The van der Waals surface area contributed by atoms with E-state index in [0.29, 0.717) is 21.9 Å². The summed E-state index contributed by atoms with van der Waals surface area (Å²) >= 11 is 0. The summed E-state index contributed by atoms with van der Waals surface area (Å²) in [6.07, 6.45) is -0.0615. The second kappa shape index (κ2) is 6.25. The molecule has 0 aliphatic rings. The first kappa shape index (κ1) is 10.9. The van der Waals surface area contributed by atoms with Gasteiger partial charge in [0, 0.05) is 27.9 Å². The third-order valence-corrected chi connectivity index (χ3v) is 4.75. The molecule has 3 heteroatoms. The average Bonchev–Trinajstić information content (AvgIpc) is 3.11. The third-order valence-electron chi connectivity index (χ3n) is 4.75. The molecule has 0 aliphatic heterocycles. The van der Waals surface area contributed by atoms with Crippen LogP contribution in [0, 0.1) is 20.3 Å². The van der Waals surface area contributed by atoms with Crippen LogP contribution in [0.4, 0.5) is 5.69 Å². The van der Waals surface area contributed by atoms with Crippen molar-refractivity contribution < 1.29 is 18.6 Å². The molecule has 3 nitrogen and oxygen atoms in total. The van der Waals surface area contributed by atoms with E-state index in [9.17, 15) is 0 Å². The lowest BCUT2D eigenvalue weighted by atomic mass is 9.98. The molecular formula is C24H23N2O+. The first-order valence-electron chi connectivity index (χ1n) is 12.1. The van der Waals surface area contributed by atoms with Gasteiger partial charge in [-0.05, 0) is 36.8 Å². The highest BCUT2D eigenvalue weighted by Gasteiger charge is 2.22. The fourth-order valence-corrected chi connectivity index (χ4v) is 3.33. The smallest absolute Gasteiger partial charge is 0.229 e. The number of rotatable bonds is 2. The summed E-state index contributed by atoms with van der Waals surface area (Å²) in [4.78, 5) is 3.49. The molecule has 2 heterocycles. The topological polar surface area (TPSA) is 21.4 Å². The van der Waals surface area contributed by atoms with E-state index >= 15 is 0 Å². The van der Waals surface area contributed by atoms with Gasteiger partial charge in [-0.2, -0.15) is 0 Å². The molecule has 0 amide bonds. The molecule has 0 unspecified atom stereocenters. The predicted molar refractivity (Wildman–Crippen MR) is 110 cm³/mol. The van der Waals surface area contributed by atoms with E-state index in [1.165, 1.54) is 16.7 Å². The summed E-state index contributed by atoms with van der Waals surface area (Å²) in [6, 6.07) is 5.98. The zero-order valence-electron chi connectivity index (χ0n) is 22.6. The molecule has 4 aromatic rings. The van der Waals surface area contributed by atoms with Crippen molar-refractivity contribution in [3.8, 4) is 11.3 Å². The van der Waals surface area contributed by atoms with Gasteiger partial charge in [-0.3, -0.25) is 0 Å². The number of hydrogen-bond acceptors (Lipinski definition) is 1. The van der Waals surface area contributed by atoms with Crippen LogP contribution in [0.2, 0.25) is 0 Å². The quantitative estimate of drug-likeness (QED) is 0.300. The molecule has 0 aliphatic carbocycles. The Kier molecular flexibility index (Phi) is 2.52. The van der Waals surface area contributed by atoms with E-state index < -0.39 is 12.7 Å². The monoisotopic (exact) mass is 362 g/mol. The second-order valence-electron chi connectivity index (χ2n) is 6.83. The molecule has 0 atom stereocenters. The minimum atomic E-state index is -2.43. The van der Waals surface area contributed by atoms with Gasteiger partial charge in [-0.15, -0.1) is 0 Å². The van der Waals surface area contributed by atoms with E-state index in [0.717, 1.165) is 0 Å². The number of benzene rings is 2. The van der Waals surface area contributed by atoms with Crippen LogP contribution in [0.1, 0.15) is 46.0 Å². The fourth-order valence-electron chi connectivity index (χ4n) is 3.33. The van der Waals surface area contributed by atoms with Crippen LogP contribution in [0.3, 0.4) is 0 Å². The Labute approximate surface area is 169 Å². The molecule has 27 heavy (non-hydrogen) atoms. The Morgan fingerprint density at radius 1 is 1.19 bits per heavy atom. The van der Waals surface area contributed by atoms with Crippen LogP contribution in [-0.4, -0.2) is 0 Å². The lowest BCUT2D eigenvalue weighted by Gasteiger charge is -2.08. The maximum Gasteiger partial charge on any atom is 0.229 e. The zero-order chi connectivity index (χ0) is 25.3. The van der Waals surface area contributed by atoms with Gasteiger partial charge in [0.2, 0.25) is 11.4 Å². The first-order valence-corrected chi connectivity index (χ1v) is 8.57. The van der Waals surface area contributed by atoms with Gasteiger partial charge >= 0.3 is 0 Å². The van der Waals surface area contributed by atoms with E-state index in [-0.39, 0.29) is 51.9 Å². The van der Waals surface area contributed by atoms with Crippen molar-refractivity contribution in [3.63, 3.8) is 0 Å². The zero-order valence-corrected chi connectivity index (χ0v) is 15.6. The summed E-state index contributed by atoms with van der Waals surface area (Å²) in [5.74, 6) is -1.25. The molecular weight excluding hydrogens is 332 g/mol. The first-order chi connectivity index (χ1) is 15.7. The summed E-state index contributed by atoms with van der Waals surface area (Å²) in [5.41, 5.74) is 2.22. The lowest BCUT2D eigenvalue weighted by molar-refractivity contribution is -0.660. The largest absolute Gasteiger partial charge is 0.466 e. The minimum Gasteiger partial charge on any atom is -0.466 e. The van der Waals surface area contributed by atoms with Crippen LogP contribution in [0.25, 0.3) is 38.0 Å². The average molecular weight is 363 g/mol. The molecule has 0 N–H and O–H groups in total. The van der Waals surface area contributed by atoms with Gasteiger partial charge in [0.05, 0.1) is 14.9 Å². The molecule has 0 saturated heterocycles. The molecule has 0 spiro atoms. The molecule has 4 rings (SSSR count). The highest BCUT2D eigenvalue weighted by Crippen LogP contribution is 2.41. The van der Waals surface area contributed by atoms with Gasteiger partial charge in [0.1, 0.15) is 19.6 Å². The highest BCUT2D eigenvalue weighted by molar-refractivity contribution is 6.14. The number of hydrogen-bond donors (Lipinski definition) is 0. The Bertz CT molecular complexity index is 1510. The number of fused-ring (bicyclic) bond motifs is 3. The number of aryl methyl sites for hydroxylation is 2. The number of pyridine rings is 1. The predicted octanol–water partition coefficient (Wildman–Crippen LogP) is 6.37. The Hall–Kier alpha value is -3.12. The summed E-state index contributed by atoms with van der Waals surface area (Å²) in [5, 5.41) is 0.801. The number of aromatic nitrogens is 1. The van der Waals surface area contributed by atoms with Crippen LogP contribution < -0.4 is 4.57 Å². The maximum absolute atomic E-state index is 8.76. The van der Waals surface area contributed by atoms with Gasteiger partial charge in [0.15, 0.2) is 6.17 Å². The summed E-state index contributed by atoms with van der Waals surface area (Å²) in [6.45, 7) is 10.0. The van der Waals surface area contributed by atoms with E-state index in [1.54, 1.807) is 40.0 Å². The van der Waals surface area contributed by atoms with Gasteiger partial charge in [-0.1, -0.05) is 38.1 Å². The van der Waals surface area contributed by atoms with Crippen molar-refractivity contribution in [3.05, 3.63) is 70.6 Å². The van der Waals surface area contributed by atoms with Crippen LogP contribution in [-0.2, 0) is 7.05 Å². The fraction of sp³-hybridized carbons (Fsp3) is 0.250. The van der Waals surface area contributed by atoms with Crippen molar-refractivity contribution in [2.45, 2.75) is 33.5 Å². The van der Waals surface area contributed by atoms with Gasteiger partial charge in [0.25, 0.3) is 0 Å². The summed E-state index contributed by atoms with van der Waals surface area (Å²) in [7, 11) is 1.60. The molecule has 2 aromatic heterocycles. The molecule has 2 aromatic carbocycles. The van der Waals surface area contributed by atoms with E-state index in [4.69, 9.17) is 20.6 Å². The standard InChI is InChI=1S/C24H23N2O/c1-14(2)17-9-12-20(26(6)13-17)22-16(4)7-10-18-21-15(3)8-11-19(25-5)24(21)27-23(18)22/h7-14H,1-4,6H3/q+1/i3D3,9D,12D,13D,14D. The van der Waals surface area contributed by atoms with Crippen molar-refractivity contribution in [1.29, 1.82) is 0 Å². The normalized spacial score (nSPS) is 16.0. The van der Waals surface area contributed by atoms with Crippen molar-refractivity contribution in [1.82, 2.24) is 0 Å². The molecule has 0 radical (unpaired) electrons. The third kappa shape index (κ3) is 2.61.